The Labute approximate surface area is 190 Å². The second-order valence-corrected chi connectivity index (χ2v) is 7.68. The molecule has 4 rings (SSSR count). The van der Waals surface area contributed by atoms with Gasteiger partial charge in [0.2, 0.25) is 0 Å². The van der Waals surface area contributed by atoms with Gasteiger partial charge >= 0.3 is 6.18 Å². The molecule has 0 radical (unpaired) electrons. The number of para-hydroxylation sites is 1. The number of carbonyl (C=O) groups is 1. The summed E-state index contributed by atoms with van der Waals surface area (Å²) >= 11 is 5.20. The van der Waals surface area contributed by atoms with E-state index in [0.29, 0.717) is 23.1 Å². The van der Waals surface area contributed by atoms with E-state index in [2.05, 4.69) is 15.4 Å². The third-order valence-electron chi connectivity index (χ3n) is 5.07. The molecule has 0 unspecified atom stereocenters. The third-order valence-corrected chi connectivity index (χ3v) is 5.39. The van der Waals surface area contributed by atoms with Crippen molar-refractivity contribution < 1.29 is 18.0 Å². The highest BCUT2D eigenvalue weighted by atomic mass is 32.1. The molecule has 2 N–H and O–H groups in total. The molecule has 0 fully saturated rings. The van der Waals surface area contributed by atoms with Gasteiger partial charge in [0.25, 0.3) is 11.5 Å². The fourth-order valence-corrected chi connectivity index (χ4v) is 3.86. The zero-order valence-electron chi connectivity index (χ0n) is 17.5. The zero-order valence-corrected chi connectivity index (χ0v) is 18.3. The molecule has 0 aliphatic heterocycles. The summed E-state index contributed by atoms with van der Waals surface area (Å²) in [6, 6.07) is 10.9. The smallest absolute Gasteiger partial charge is 0.332 e. The number of nitrogens with one attached hydrogen (secondary N) is 2. The number of benzene rings is 2. The SMILES string of the molecule is CCn1c(=S)[nH]c2cc(C(=O)Nc3cc(C)nn3-c3ccccc3C(F)(F)F)ccc2c1=O. The largest absolute Gasteiger partial charge is 0.418 e. The van der Waals surface area contributed by atoms with Crippen LogP contribution in [0.25, 0.3) is 16.6 Å². The molecule has 0 saturated carbocycles. The highest BCUT2D eigenvalue weighted by molar-refractivity contribution is 7.71. The fourth-order valence-electron chi connectivity index (χ4n) is 3.54. The molecule has 0 saturated heterocycles. The Bertz CT molecular complexity index is 1500. The number of H-pyrrole nitrogens is 1. The summed E-state index contributed by atoms with van der Waals surface area (Å²) in [5.74, 6) is -0.509. The number of hydrogen-bond donors (Lipinski definition) is 2. The Morgan fingerprint density at radius 1 is 1.18 bits per heavy atom. The van der Waals surface area contributed by atoms with E-state index in [-0.39, 0.29) is 27.4 Å². The first-order chi connectivity index (χ1) is 15.6. The van der Waals surface area contributed by atoms with Crippen molar-refractivity contribution in [3.05, 3.63) is 80.5 Å². The van der Waals surface area contributed by atoms with E-state index in [4.69, 9.17) is 12.2 Å². The lowest BCUT2D eigenvalue weighted by Gasteiger charge is -2.15. The maximum absolute atomic E-state index is 13.5. The highest BCUT2D eigenvalue weighted by Gasteiger charge is 2.34. The summed E-state index contributed by atoms with van der Waals surface area (Å²) in [6.07, 6.45) is -4.60. The van der Waals surface area contributed by atoms with Crippen molar-refractivity contribution in [3.8, 4) is 5.69 Å². The van der Waals surface area contributed by atoms with Gasteiger partial charge in [-0.05, 0) is 56.4 Å². The van der Waals surface area contributed by atoms with Crippen LogP contribution in [-0.2, 0) is 12.7 Å². The molecule has 0 aliphatic rings. The van der Waals surface area contributed by atoms with Gasteiger partial charge in [-0.2, -0.15) is 18.3 Å². The maximum atomic E-state index is 13.5. The van der Waals surface area contributed by atoms with Crippen LogP contribution < -0.4 is 10.9 Å². The van der Waals surface area contributed by atoms with Crippen molar-refractivity contribution in [2.45, 2.75) is 26.6 Å². The van der Waals surface area contributed by atoms with Gasteiger partial charge in [0.05, 0.1) is 27.8 Å². The van der Waals surface area contributed by atoms with Gasteiger partial charge in [0, 0.05) is 18.2 Å². The van der Waals surface area contributed by atoms with Crippen LogP contribution in [-0.4, -0.2) is 25.2 Å². The van der Waals surface area contributed by atoms with Crippen molar-refractivity contribution in [1.82, 2.24) is 19.3 Å². The standard InChI is InChI=1S/C22H18F3N5O2S/c1-3-29-20(32)14-9-8-13(11-16(14)26-21(29)33)19(31)27-18-10-12(2)28-30(18)17-7-5-4-6-15(17)22(23,24)25/h4-11H,3H2,1-2H3,(H,26,33)(H,27,31). The topological polar surface area (TPSA) is 84.7 Å². The molecule has 11 heteroatoms. The van der Waals surface area contributed by atoms with Gasteiger partial charge in [-0.15, -0.1) is 0 Å². The minimum absolute atomic E-state index is 0.0728. The minimum atomic E-state index is -4.60. The van der Waals surface area contributed by atoms with E-state index in [1.54, 1.807) is 13.8 Å². The number of carbonyl (C=O) groups excluding carboxylic acids is 1. The minimum Gasteiger partial charge on any atom is -0.332 e. The molecule has 0 aliphatic carbocycles. The molecular weight excluding hydrogens is 455 g/mol. The molecule has 170 valence electrons. The molecule has 4 aromatic rings. The van der Waals surface area contributed by atoms with E-state index in [1.165, 1.54) is 47.0 Å². The van der Waals surface area contributed by atoms with Gasteiger partial charge in [-0.1, -0.05) is 12.1 Å². The summed E-state index contributed by atoms with van der Waals surface area (Å²) in [6.45, 7) is 3.80. The van der Waals surface area contributed by atoms with Gasteiger partial charge in [-0.25, -0.2) is 4.68 Å². The Morgan fingerprint density at radius 2 is 1.91 bits per heavy atom. The molecule has 1 amide bonds. The summed E-state index contributed by atoms with van der Waals surface area (Å²) in [5, 5.41) is 7.11. The van der Waals surface area contributed by atoms with Crippen molar-refractivity contribution in [1.29, 1.82) is 0 Å². The van der Waals surface area contributed by atoms with Gasteiger partial charge in [0.1, 0.15) is 5.82 Å². The molecule has 0 bridgehead atoms. The molecule has 2 heterocycles. The molecular formula is C22H18F3N5O2S. The number of aromatic nitrogens is 4. The Hall–Kier alpha value is -3.73. The summed E-state index contributed by atoms with van der Waals surface area (Å²) in [5.41, 5.74) is -0.374. The summed E-state index contributed by atoms with van der Waals surface area (Å²) < 4.78 is 43.2. The number of rotatable bonds is 4. The first-order valence-corrected chi connectivity index (χ1v) is 10.3. The lowest BCUT2D eigenvalue weighted by molar-refractivity contribution is -0.137. The Morgan fingerprint density at radius 3 is 2.61 bits per heavy atom. The number of fused-ring (bicyclic) bond motifs is 1. The lowest BCUT2D eigenvalue weighted by Crippen LogP contribution is -2.22. The van der Waals surface area contributed by atoms with Crippen molar-refractivity contribution >= 4 is 34.8 Å². The monoisotopic (exact) mass is 473 g/mol. The van der Waals surface area contributed by atoms with Crippen molar-refractivity contribution in [2.75, 3.05) is 5.32 Å². The van der Waals surface area contributed by atoms with Crippen LogP contribution in [0.5, 0.6) is 0 Å². The quantitative estimate of drug-likeness (QED) is 0.415. The average molecular weight is 473 g/mol. The normalized spacial score (nSPS) is 11.7. The van der Waals surface area contributed by atoms with E-state index in [1.807, 2.05) is 0 Å². The molecule has 33 heavy (non-hydrogen) atoms. The van der Waals surface area contributed by atoms with Crippen LogP contribution in [0, 0.1) is 11.7 Å². The number of halogens is 3. The molecule has 0 atom stereocenters. The lowest BCUT2D eigenvalue weighted by atomic mass is 10.1. The number of hydrogen-bond acceptors (Lipinski definition) is 4. The highest BCUT2D eigenvalue weighted by Crippen LogP contribution is 2.34. The number of aromatic amines is 1. The fraction of sp³-hybridized carbons (Fsp3) is 0.182. The maximum Gasteiger partial charge on any atom is 0.418 e. The summed E-state index contributed by atoms with van der Waals surface area (Å²) in [7, 11) is 0. The molecule has 0 spiro atoms. The van der Waals surface area contributed by atoms with E-state index in [0.717, 1.165) is 10.7 Å². The first-order valence-electron chi connectivity index (χ1n) is 9.91. The van der Waals surface area contributed by atoms with Gasteiger partial charge in [0.15, 0.2) is 4.77 Å². The second-order valence-electron chi connectivity index (χ2n) is 7.29. The zero-order chi connectivity index (χ0) is 23.9. The van der Waals surface area contributed by atoms with Crippen LogP contribution in [0.1, 0.15) is 28.5 Å². The Balaban J connectivity index is 1.74. The van der Waals surface area contributed by atoms with Crippen molar-refractivity contribution in [3.63, 3.8) is 0 Å². The number of nitrogens with zero attached hydrogens (tertiary/aromatic N) is 3. The number of alkyl halides is 3. The second kappa shape index (κ2) is 8.32. The summed E-state index contributed by atoms with van der Waals surface area (Å²) in [4.78, 5) is 28.4. The predicted octanol–water partition coefficient (Wildman–Crippen LogP) is 4.84. The van der Waals surface area contributed by atoms with Crippen LogP contribution >= 0.6 is 12.2 Å². The molecule has 7 nitrogen and oxygen atoms in total. The van der Waals surface area contributed by atoms with E-state index < -0.39 is 17.6 Å². The molecule has 2 aromatic heterocycles. The van der Waals surface area contributed by atoms with Crippen LogP contribution in [0.3, 0.4) is 0 Å². The average Bonchev–Trinajstić information content (AvgIpc) is 3.12. The Kier molecular flexibility index (Phi) is 5.66. The van der Waals surface area contributed by atoms with Crippen molar-refractivity contribution in [2.24, 2.45) is 0 Å². The first kappa shape index (κ1) is 22.5. The van der Waals surface area contributed by atoms with E-state index in [9.17, 15) is 22.8 Å². The van der Waals surface area contributed by atoms with Crippen LogP contribution in [0.4, 0.5) is 19.0 Å². The number of amides is 1. The van der Waals surface area contributed by atoms with Crippen LogP contribution in [0.2, 0.25) is 0 Å². The van der Waals surface area contributed by atoms with Gasteiger partial charge in [-0.3, -0.25) is 14.2 Å². The van der Waals surface area contributed by atoms with Crippen LogP contribution in [0.15, 0.2) is 53.3 Å². The molecule has 2 aromatic carbocycles. The number of anilines is 1. The predicted molar refractivity (Wildman–Crippen MR) is 120 cm³/mol. The third kappa shape index (κ3) is 4.19. The van der Waals surface area contributed by atoms with E-state index >= 15 is 0 Å². The van der Waals surface area contributed by atoms with Gasteiger partial charge < -0.3 is 10.3 Å². The number of aryl methyl sites for hydroxylation is 1.